The minimum Gasteiger partial charge on any atom is -0.314 e. The molecule has 4 nitrogen and oxygen atoms in total. The van der Waals surface area contributed by atoms with Crippen LogP contribution in [0.2, 0.25) is 0 Å². The van der Waals surface area contributed by atoms with Crippen LogP contribution in [0.25, 0.3) is 0 Å². The van der Waals surface area contributed by atoms with Gasteiger partial charge < -0.3 is 5.32 Å². The molecule has 1 heterocycles. The van der Waals surface area contributed by atoms with Gasteiger partial charge in [-0.25, -0.2) is 4.98 Å². The first-order valence-electron chi connectivity index (χ1n) is 7.99. The number of aromatic nitrogens is 3. The lowest BCUT2D eigenvalue weighted by Gasteiger charge is -2.32. The van der Waals surface area contributed by atoms with E-state index in [4.69, 9.17) is 0 Å². The summed E-state index contributed by atoms with van der Waals surface area (Å²) in [5.41, 5.74) is 0. The Morgan fingerprint density at radius 2 is 2.16 bits per heavy atom. The van der Waals surface area contributed by atoms with E-state index in [1.165, 1.54) is 32.1 Å². The Morgan fingerprint density at radius 3 is 3.05 bits per heavy atom. The average Bonchev–Trinajstić information content (AvgIpc) is 3.14. The van der Waals surface area contributed by atoms with Crippen LogP contribution in [0.1, 0.15) is 44.3 Å². The van der Waals surface area contributed by atoms with Gasteiger partial charge in [0.05, 0.1) is 0 Å². The van der Waals surface area contributed by atoms with Gasteiger partial charge in [0.15, 0.2) is 0 Å². The van der Waals surface area contributed by atoms with Gasteiger partial charge in [-0.2, -0.15) is 5.10 Å². The van der Waals surface area contributed by atoms with Crippen LogP contribution < -0.4 is 5.32 Å². The summed E-state index contributed by atoms with van der Waals surface area (Å²) in [5, 5.41) is 10.6. The van der Waals surface area contributed by atoms with Crippen molar-refractivity contribution in [3.8, 4) is 0 Å². The van der Waals surface area contributed by atoms with E-state index in [1.54, 1.807) is 6.33 Å². The molecule has 3 aliphatic carbocycles. The molecule has 0 saturated heterocycles. The first kappa shape index (κ1) is 11.9. The Hall–Kier alpha value is -0.900. The van der Waals surface area contributed by atoms with Crippen LogP contribution in [0, 0.1) is 23.7 Å². The third-order valence-electron chi connectivity index (χ3n) is 5.89. The van der Waals surface area contributed by atoms with Crippen LogP contribution in [0.15, 0.2) is 6.33 Å². The monoisotopic (exact) mass is 260 g/mol. The predicted octanol–water partition coefficient (Wildman–Crippen LogP) is 2.15. The van der Waals surface area contributed by atoms with Gasteiger partial charge in [-0.1, -0.05) is 6.42 Å². The molecule has 0 radical (unpaired) electrons. The lowest BCUT2D eigenvalue weighted by atomic mass is 9.79. The number of aromatic amines is 1. The molecule has 0 aromatic carbocycles. The third kappa shape index (κ3) is 2.10. The number of hydrogen-bond acceptors (Lipinski definition) is 3. The summed E-state index contributed by atoms with van der Waals surface area (Å²) < 4.78 is 0. The Labute approximate surface area is 114 Å². The largest absolute Gasteiger partial charge is 0.314 e. The standard InChI is InChI=1S/C15H24N4/c1-3-11-10-7-13(12(11)4-1)14(8-10)16-6-2-5-15-17-9-18-19-15/h9-14,16H,1-8H2,(H,17,18,19). The van der Waals surface area contributed by atoms with Gasteiger partial charge in [-0.3, -0.25) is 5.10 Å². The smallest absolute Gasteiger partial charge is 0.137 e. The molecule has 5 unspecified atom stereocenters. The van der Waals surface area contributed by atoms with E-state index in [0.717, 1.165) is 54.9 Å². The molecule has 2 N–H and O–H groups in total. The van der Waals surface area contributed by atoms with Crippen LogP contribution in [-0.2, 0) is 6.42 Å². The van der Waals surface area contributed by atoms with Gasteiger partial charge in [0, 0.05) is 12.5 Å². The van der Waals surface area contributed by atoms with Gasteiger partial charge in [0.1, 0.15) is 12.2 Å². The molecule has 3 aliphatic rings. The summed E-state index contributed by atoms with van der Waals surface area (Å²) in [4.78, 5) is 4.17. The van der Waals surface area contributed by atoms with E-state index >= 15 is 0 Å². The van der Waals surface area contributed by atoms with E-state index in [-0.39, 0.29) is 0 Å². The van der Waals surface area contributed by atoms with Crippen molar-refractivity contribution in [1.82, 2.24) is 20.5 Å². The summed E-state index contributed by atoms with van der Waals surface area (Å²) in [7, 11) is 0. The zero-order valence-corrected chi connectivity index (χ0v) is 11.5. The van der Waals surface area contributed by atoms with Crippen molar-refractivity contribution >= 4 is 0 Å². The molecule has 4 heteroatoms. The highest BCUT2D eigenvalue weighted by Crippen LogP contribution is 2.58. The number of nitrogens with zero attached hydrogens (tertiary/aromatic N) is 2. The van der Waals surface area contributed by atoms with Gasteiger partial charge in [0.2, 0.25) is 0 Å². The van der Waals surface area contributed by atoms with E-state index in [0.29, 0.717) is 0 Å². The van der Waals surface area contributed by atoms with Crippen LogP contribution in [0.5, 0.6) is 0 Å². The average molecular weight is 260 g/mol. The van der Waals surface area contributed by atoms with Crippen molar-refractivity contribution < 1.29 is 0 Å². The Kier molecular flexibility index (Phi) is 3.06. The second-order valence-electron chi connectivity index (χ2n) is 6.75. The lowest BCUT2D eigenvalue weighted by Crippen LogP contribution is -2.39. The number of fused-ring (bicyclic) bond motifs is 5. The molecular formula is C15H24N4. The fourth-order valence-corrected chi connectivity index (χ4v) is 5.20. The van der Waals surface area contributed by atoms with E-state index in [1.807, 2.05) is 0 Å². The van der Waals surface area contributed by atoms with Gasteiger partial charge in [-0.05, 0) is 62.3 Å². The Bertz CT molecular complexity index is 416. The van der Waals surface area contributed by atoms with Crippen molar-refractivity contribution in [1.29, 1.82) is 0 Å². The number of H-pyrrole nitrogens is 1. The summed E-state index contributed by atoms with van der Waals surface area (Å²) >= 11 is 0. The number of aryl methyl sites for hydroxylation is 1. The van der Waals surface area contributed by atoms with E-state index in [2.05, 4.69) is 20.5 Å². The highest BCUT2D eigenvalue weighted by Gasteiger charge is 2.53. The molecule has 2 bridgehead atoms. The molecule has 1 aromatic rings. The minimum atomic E-state index is 0.819. The zero-order chi connectivity index (χ0) is 12.7. The molecular weight excluding hydrogens is 236 g/mol. The SMILES string of the molecule is c1n[nH]c(CCCNC2CC3CC2C2CCCC32)n1. The Morgan fingerprint density at radius 1 is 1.21 bits per heavy atom. The second-order valence-corrected chi connectivity index (χ2v) is 6.75. The first-order chi connectivity index (χ1) is 9.42. The number of rotatable bonds is 5. The van der Waals surface area contributed by atoms with Crippen LogP contribution in [0.4, 0.5) is 0 Å². The minimum absolute atomic E-state index is 0.819. The van der Waals surface area contributed by atoms with Gasteiger partial charge in [0.25, 0.3) is 0 Å². The van der Waals surface area contributed by atoms with E-state index in [9.17, 15) is 0 Å². The van der Waals surface area contributed by atoms with Crippen LogP contribution in [0.3, 0.4) is 0 Å². The molecule has 4 rings (SSSR count). The van der Waals surface area contributed by atoms with E-state index < -0.39 is 0 Å². The summed E-state index contributed by atoms with van der Waals surface area (Å²) in [6.07, 6.45) is 11.3. The van der Waals surface area contributed by atoms with Gasteiger partial charge in [-0.15, -0.1) is 0 Å². The fourth-order valence-electron chi connectivity index (χ4n) is 5.20. The normalized spacial score (nSPS) is 39.9. The zero-order valence-electron chi connectivity index (χ0n) is 11.5. The molecule has 3 saturated carbocycles. The fraction of sp³-hybridized carbons (Fsp3) is 0.867. The molecule has 0 spiro atoms. The molecule has 104 valence electrons. The van der Waals surface area contributed by atoms with Crippen molar-refractivity contribution in [2.75, 3.05) is 6.54 Å². The van der Waals surface area contributed by atoms with Crippen molar-refractivity contribution in [2.45, 2.75) is 51.0 Å². The maximum atomic E-state index is 4.17. The maximum absolute atomic E-state index is 4.17. The van der Waals surface area contributed by atoms with Crippen molar-refractivity contribution in [3.05, 3.63) is 12.2 Å². The summed E-state index contributed by atoms with van der Waals surface area (Å²) in [5.74, 6) is 5.26. The summed E-state index contributed by atoms with van der Waals surface area (Å²) in [6, 6.07) is 0.819. The Balaban J connectivity index is 1.24. The van der Waals surface area contributed by atoms with Crippen molar-refractivity contribution in [3.63, 3.8) is 0 Å². The molecule has 19 heavy (non-hydrogen) atoms. The number of nitrogens with one attached hydrogen (secondary N) is 2. The highest BCUT2D eigenvalue weighted by molar-refractivity contribution is 5.05. The molecule has 0 aliphatic heterocycles. The predicted molar refractivity (Wildman–Crippen MR) is 73.5 cm³/mol. The topological polar surface area (TPSA) is 53.6 Å². The highest BCUT2D eigenvalue weighted by atomic mass is 15.2. The molecule has 3 fully saturated rings. The molecule has 0 amide bonds. The quantitative estimate of drug-likeness (QED) is 0.798. The first-order valence-corrected chi connectivity index (χ1v) is 7.99. The second kappa shape index (κ2) is 4.89. The van der Waals surface area contributed by atoms with Crippen LogP contribution in [-0.4, -0.2) is 27.8 Å². The maximum Gasteiger partial charge on any atom is 0.137 e. The van der Waals surface area contributed by atoms with Crippen LogP contribution >= 0.6 is 0 Å². The van der Waals surface area contributed by atoms with Crippen molar-refractivity contribution in [2.24, 2.45) is 23.7 Å². The lowest BCUT2D eigenvalue weighted by molar-refractivity contribution is 0.209. The van der Waals surface area contributed by atoms with Gasteiger partial charge >= 0.3 is 0 Å². The molecule has 1 aromatic heterocycles. The third-order valence-corrected chi connectivity index (χ3v) is 5.89. The summed E-state index contributed by atoms with van der Waals surface area (Å²) in [6.45, 7) is 1.13. The number of hydrogen-bond donors (Lipinski definition) is 2. The molecule has 5 atom stereocenters.